The molecule has 0 spiro atoms. The van der Waals surface area contributed by atoms with E-state index in [0.717, 1.165) is 25.7 Å². The van der Waals surface area contributed by atoms with Gasteiger partial charge in [0.25, 0.3) is 5.91 Å². The molecule has 1 aliphatic carbocycles. The van der Waals surface area contributed by atoms with E-state index < -0.39 is 6.04 Å². The molecule has 2 amide bonds. The second kappa shape index (κ2) is 8.72. The third-order valence-corrected chi connectivity index (χ3v) is 4.75. The van der Waals surface area contributed by atoms with Gasteiger partial charge in [0.05, 0.1) is 10.6 Å². The average molecular weight is 371 g/mol. The molecule has 0 unspecified atom stereocenters. The number of nitrogens with one attached hydrogen (secondary N) is 2. The fourth-order valence-electron chi connectivity index (χ4n) is 2.98. The molecular formula is C18H24Cl2N2O2. The molecule has 6 heteroatoms. The molecule has 0 aliphatic heterocycles. The van der Waals surface area contributed by atoms with E-state index in [1.165, 1.54) is 6.07 Å². The van der Waals surface area contributed by atoms with E-state index >= 15 is 0 Å². The zero-order chi connectivity index (χ0) is 17.7. The fourth-order valence-corrected chi connectivity index (χ4v) is 3.48. The lowest BCUT2D eigenvalue weighted by Crippen LogP contribution is -2.49. The van der Waals surface area contributed by atoms with E-state index in [1.807, 2.05) is 13.8 Å². The number of hydrogen-bond donors (Lipinski definition) is 2. The normalized spacial score (nSPS) is 16.2. The van der Waals surface area contributed by atoms with Crippen LogP contribution < -0.4 is 10.6 Å². The molecule has 2 N–H and O–H groups in total. The third-order valence-electron chi connectivity index (χ3n) is 4.21. The van der Waals surface area contributed by atoms with Gasteiger partial charge in [-0.3, -0.25) is 9.59 Å². The van der Waals surface area contributed by atoms with Gasteiger partial charge in [-0.15, -0.1) is 0 Å². The number of carbonyl (C=O) groups is 2. The lowest BCUT2D eigenvalue weighted by atomic mass is 10.0. The zero-order valence-corrected chi connectivity index (χ0v) is 15.6. The van der Waals surface area contributed by atoms with Crippen molar-refractivity contribution in [2.24, 2.45) is 5.92 Å². The van der Waals surface area contributed by atoms with Crippen LogP contribution in [0.2, 0.25) is 10.0 Å². The predicted octanol–water partition coefficient (Wildman–Crippen LogP) is 4.20. The van der Waals surface area contributed by atoms with E-state index in [9.17, 15) is 9.59 Å². The van der Waals surface area contributed by atoms with Crippen molar-refractivity contribution in [3.63, 3.8) is 0 Å². The number of benzene rings is 1. The van der Waals surface area contributed by atoms with Crippen LogP contribution in [0.15, 0.2) is 18.2 Å². The molecule has 0 heterocycles. The van der Waals surface area contributed by atoms with Crippen LogP contribution in [0.4, 0.5) is 0 Å². The van der Waals surface area contributed by atoms with E-state index in [4.69, 9.17) is 23.2 Å². The summed E-state index contributed by atoms with van der Waals surface area (Å²) in [5.74, 6) is -0.191. The number of rotatable bonds is 6. The van der Waals surface area contributed by atoms with Crippen LogP contribution >= 0.6 is 23.2 Å². The Balaban J connectivity index is 2.06. The van der Waals surface area contributed by atoms with Crippen molar-refractivity contribution in [3.05, 3.63) is 33.8 Å². The van der Waals surface area contributed by atoms with Gasteiger partial charge >= 0.3 is 0 Å². The Kier molecular flexibility index (Phi) is 6.93. The van der Waals surface area contributed by atoms with Gasteiger partial charge < -0.3 is 10.6 Å². The second-order valence-electron chi connectivity index (χ2n) is 6.77. The minimum absolute atomic E-state index is 0.117. The van der Waals surface area contributed by atoms with Gasteiger partial charge in [0.1, 0.15) is 6.04 Å². The molecule has 0 radical (unpaired) electrons. The second-order valence-corrected chi connectivity index (χ2v) is 7.61. The van der Waals surface area contributed by atoms with E-state index in [1.54, 1.807) is 12.1 Å². The maximum atomic E-state index is 12.6. The summed E-state index contributed by atoms with van der Waals surface area (Å²) in [4.78, 5) is 25.1. The first kappa shape index (κ1) is 19.1. The highest BCUT2D eigenvalue weighted by Crippen LogP contribution is 2.22. The smallest absolute Gasteiger partial charge is 0.253 e. The summed E-state index contributed by atoms with van der Waals surface area (Å²) >= 11 is 11.9. The van der Waals surface area contributed by atoms with Gasteiger partial charge in [0.15, 0.2) is 0 Å². The van der Waals surface area contributed by atoms with Crippen LogP contribution in [0.25, 0.3) is 0 Å². The molecule has 1 aromatic rings. The van der Waals surface area contributed by atoms with Gasteiger partial charge in [-0.05, 0) is 43.4 Å². The summed E-state index contributed by atoms with van der Waals surface area (Å²) in [6, 6.07) is 4.36. The van der Waals surface area contributed by atoms with Crippen molar-refractivity contribution >= 4 is 35.0 Å². The van der Waals surface area contributed by atoms with Gasteiger partial charge in [-0.25, -0.2) is 0 Å². The highest BCUT2D eigenvalue weighted by atomic mass is 35.5. The molecule has 4 nitrogen and oxygen atoms in total. The summed E-state index contributed by atoms with van der Waals surface area (Å²) < 4.78 is 0. The Bertz CT molecular complexity index is 599. The van der Waals surface area contributed by atoms with Crippen molar-refractivity contribution in [3.8, 4) is 0 Å². The molecule has 0 bridgehead atoms. The lowest BCUT2D eigenvalue weighted by molar-refractivity contribution is -0.124. The maximum absolute atomic E-state index is 12.6. The summed E-state index contributed by atoms with van der Waals surface area (Å²) in [6.45, 7) is 4.05. The minimum Gasteiger partial charge on any atom is -0.352 e. The van der Waals surface area contributed by atoms with E-state index in [0.29, 0.717) is 17.0 Å². The summed E-state index contributed by atoms with van der Waals surface area (Å²) in [6.07, 6.45) is 4.89. The van der Waals surface area contributed by atoms with Gasteiger partial charge in [0.2, 0.25) is 5.91 Å². The molecule has 0 saturated heterocycles. The summed E-state index contributed by atoms with van der Waals surface area (Å²) in [5, 5.41) is 6.62. The standard InChI is InChI=1S/C18H24Cl2N2O2/c1-11(2)9-16(18(24)21-13-5-3-4-6-13)22-17(23)14-8-7-12(19)10-15(14)20/h7-8,10-11,13,16H,3-6,9H2,1-2H3,(H,21,24)(H,22,23)/t16-/m0/s1. The third kappa shape index (κ3) is 5.38. The first-order valence-corrected chi connectivity index (χ1v) is 9.18. The van der Waals surface area contributed by atoms with Crippen molar-refractivity contribution < 1.29 is 9.59 Å². The monoisotopic (exact) mass is 370 g/mol. The number of hydrogen-bond acceptors (Lipinski definition) is 2. The highest BCUT2D eigenvalue weighted by molar-refractivity contribution is 6.36. The molecule has 2 rings (SSSR count). The Labute approximate surface area is 153 Å². The first-order chi connectivity index (χ1) is 11.4. The summed E-state index contributed by atoms with van der Waals surface area (Å²) in [7, 11) is 0. The van der Waals surface area contributed by atoms with Crippen LogP contribution in [0.3, 0.4) is 0 Å². The van der Waals surface area contributed by atoms with Crippen molar-refractivity contribution in [1.82, 2.24) is 10.6 Å². The van der Waals surface area contributed by atoms with Crippen LogP contribution in [0.5, 0.6) is 0 Å². The molecule has 1 aromatic carbocycles. The minimum atomic E-state index is -0.565. The van der Waals surface area contributed by atoms with Crippen molar-refractivity contribution in [2.75, 3.05) is 0 Å². The molecule has 132 valence electrons. The van der Waals surface area contributed by atoms with Crippen LogP contribution in [-0.2, 0) is 4.79 Å². The van der Waals surface area contributed by atoms with Crippen LogP contribution in [-0.4, -0.2) is 23.9 Å². The van der Waals surface area contributed by atoms with Gasteiger partial charge in [-0.1, -0.05) is 49.9 Å². The predicted molar refractivity (Wildman–Crippen MR) is 97.6 cm³/mol. The van der Waals surface area contributed by atoms with Crippen molar-refractivity contribution in [2.45, 2.75) is 58.0 Å². The summed E-state index contributed by atoms with van der Waals surface area (Å²) in [5.41, 5.74) is 0.323. The lowest BCUT2D eigenvalue weighted by Gasteiger charge is -2.22. The molecule has 0 aromatic heterocycles. The maximum Gasteiger partial charge on any atom is 0.253 e. The average Bonchev–Trinajstić information content (AvgIpc) is 2.98. The number of halogens is 2. The van der Waals surface area contributed by atoms with Crippen LogP contribution in [0.1, 0.15) is 56.3 Å². The van der Waals surface area contributed by atoms with Gasteiger partial charge in [0, 0.05) is 11.1 Å². The number of carbonyl (C=O) groups excluding carboxylic acids is 2. The Morgan fingerprint density at radius 1 is 1.21 bits per heavy atom. The Hall–Kier alpha value is -1.26. The molecule has 24 heavy (non-hydrogen) atoms. The topological polar surface area (TPSA) is 58.2 Å². The quantitative estimate of drug-likeness (QED) is 0.788. The SMILES string of the molecule is CC(C)C[C@H](NC(=O)c1ccc(Cl)cc1Cl)C(=O)NC1CCCC1. The highest BCUT2D eigenvalue weighted by Gasteiger charge is 2.26. The molecule has 1 fully saturated rings. The fraction of sp³-hybridized carbons (Fsp3) is 0.556. The Morgan fingerprint density at radius 2 is 1.88 bits per heavy atom. The number of amides is 2. The van der Waals surface area contributed by atoms with Gasteiger partial charge in [-0.2, -0.15) is 0 Å². The van der Waals surface area contributed by atoms with E-state index in [-0.39, 0.29) is 28.8 Å². The Morgan fingerprint density at radius 3 is 2.46 bits per heavy atom. The largest absolute Gasteiger partial charge is 0.352 e. The van der Waals surface area contributed by atoms with Crippen LogP contribution in [0, 0.1) is 5.92 Å². The van der Waals surface area contributed by atoms with E-state index in [2.05, 4.69) is 10.6 Å². The first-order valence-electron chi connectivity index (χ1n) is 8.43. The molecule has 1 aliphatic rings. The van der Waals surface area contributed by atoms with Crippen molar-refractivity contribution in [1.29, 1.82) is 0 Å². The zero-order valence-electron chi connectivity index (χ0n) is 14.1. The molecule has 1 atom stereocenters. The molecule has 1 saturated carbocycles. The molecular weight excluding hydrogens is 347 g/mol.